The number of anilines is 1. The van der Waals surface area contributed by atoms with Crippen molar-refractivity contribution in [2.45, 2.75) is 19.4 Å². The number of hydrogen-bond acceptors (Lipinski definition) is 6. The van der Waals surface area contributed by atoms with Gasteiger partial charge in [0.15, 0.2) is 5.13 Å². The Hall–Kier alpha value is -1.18. The molecule has 1 aromatic rings. The molecule has 1 fully saturated rings. The number of thiazole rings is 1. The number of hydrogen-bond donors (Lipinski definition) is 1. The largest absolute Gasteiger partial charge is 0.383 e. The van der Waals surface area contributed by atoms with Gasteiger partial charge in [-0.25, -0.2) is 4.98 Å². The average Bonchev–Trinajstić information content (AvgIpc) is 2.96. The summed E-state index contributed by atoms with van der Waals surface area (Å²) in [5.74, 6) is -0.0279. The summed E-state index contributed by atoms with van der Waals surface area (Å²) < 4.78 is 4.93. The lowest BCUT2D eigenvalue weighted by Crippen LogP contribution is -2.54. The zero-order valence-corrected chi connectivity index (χ0v) is 12.9. The molecule has 0 aliphatic carbocycles. The zero-order chi connectivity index (χ0) is 14.5. The summed E-state index contributed by atoms with van der Waals surface area (Å²) in [5, 5.41) is 1.05. The fourth-order valence-electron chi connectivity index (χ4n) is 2.21. The molecule has 1 aliphatic heterocycles. The number of aryl methyl sites for hydroxylation is 1. The average molecular weight is 298 g/mol. The Morgan fingerprint density at radius 2 is 2.20 bits per heavy atom. The molecule has 1 aliphatic rings. The molecule has 1 unspecified atom stereocenters. The Bertz CT molecular complexity index is 443. The van der Waals surface area contributed by atoms with Crippen LogP contribution >= 0.6 is 11.3 Å². The van der Waals surface area contributed by atoms with Crippen molar-refractivity contribution < 1.29 is 9.53 Å². The molecule has 112 valence electrons. The molecule has 0 saturated carbocycles. The number of nitrogens with two attached hydrogens (primary N) is 1. The maximum atomic E-state index is 12.1. The van der Waals surface area contributed by atoms with Gasteiger partial charge in [0, 0.05) is 44.4 Å². The minimum Gasteiger partial charge on any atom is -0.383 e. The van der Waals surface area contributed by atoms with Crippen LogP contribution in [-0.4, -0.2) is 61.7 Å². The van der Waals surface area contributed by atoms with Crippen LogP contribution in [0.5, 0.6) is 0 Å². The molecule has 2 heterocycles. The summed E-state index contributed by atoms with van der Waals surface area (Å²) >= 11 is 1.73. The summed E-state index contributed by atoms with van der Waals surface area (Å²) in [7, 11) is 1.55. The van der Waals surface area contributed by atoms with Crippen LogP contribution in [0.25, 0.3) is 0 Å². The van der Waals surface area contributed by atoms with Crippen LogP contribution in [0.2, 0.25) is 0 Å². The van der Waals surface area contributed by atoms with Gasteiger partial charge in [0.1, 0.15) is 6.04 Å². The van der Waals surface area contributed by atoms with E-state index >= 15 is 0 Å². The van der Waals surface area contributed by atoms with Crippen LogP contribution in [0.1, 0.15) is 11.8 Å². The third-order valence-electron chi connectivity index (χ3n) is 3.42. The zero-order valence-electron chi connectivity index (χ0n) is 12.0. The first-order valence-corrected chi connectivity index (χ1v) is 7.70. The highest BCUT2D eigenvalue weighted by atomic mass is 32.1. The Labute approximate surface area is 123 Å². The Morgan fingerprint density at radius 3 is 2.75 bits per heavy atom. The number of ether oxygens (including phenoxy) is 1. The van der Waals surface area contributed by atoms with Gasteiger partial charge in [-0.05, 0) is 6.42 Å². The lowest BCUT2D eigenvalue weighted by Gasteiger charge is -2.35. The Balaban J connectivity index is 1.87. The number of aromatic nitrogens is 1. The Kier molecular flexibility index (Phi) is 5.33. The third kappa shape index (κ3) is 3.47. The van der Waals surface area contributed by atoms with Crippen LogP contribution < -0.4 is 10.6 Å². The van der Waals surface area contributed by atoms with Crippen molar-refractivity contribution in [1.82, 2.24) is 9.88 Å². The topological polar surface area (TPSA) is 71.7 Å². The summed E-state index contributed by atoms with van der Waals surface area (Å²) in [6, 6.07) is -0.557. The van der Waals surface area contributed by atoms with E-state index in [0.717, 1.165) is 24.6 Å². The van der Waals surface area contributed by atoms with E-state index in [1.54, 1.807) is 18.4 Å². The highest BCUT2D eigenvalue weighted by molar-refractivity contribution is 7.15. The fourth-order valence-corrected chi connectivity index (χ4v) is 3.11. The van der Waals surface area contributed by atoms with E-state index in [9.17, 15) is 4.79 Å². The molecule has 1 saturated heterocycles. The summed E-state index contributed by atoms with van der Waals surface area (Å²) in [4.78, 5) is 21.9. The van der Waals surface area contributed by atoms with Gasteiger partial charge in [-0.2, -0.15) is 0 Å². The predicted molar refractivity (Wildman–Crippen MR) is 80.1 cm³/mol. The van der Waals surface area contributed by atoms with Crippen molar-refractivity contribution in [3.05, 3.63) is 11.1 Å². The first-order chi connectivity index (χ1) is 9.65. The highest BCUT2D eigenvalue weighted by Gasteiger charge is 2.26. The van der Waals surface area contributed by atoms with E-state index in [4.69, 9.17) is 10.5 Å². The number of carbonyl (C=O) groups is 1. The fraction of sp³-hybridized carbons (Fsp3) is 0.692. The lowest BCUT2D eigenvalue weighted by molar-refractivity contribution is -0.134. The molecule has 20 heavy (non-hydrogen) atoms. The standard InChI is InChI=1S/C13H22N4O2S/c1-3-10-8-15-13(20-10)17-6-4-16(5-7-17)12(18)11(14)9-19-2/h8,11H,3-7,9,14H2,1-2H3. The van der Waals surface area contributed by atoms with E-state index < -0.39 is 6.04 Å². The van der Waals surface area contributed by atoms with Crippen molar-refractivity contribution in [2.24, 2.45) is 5.73 Å². The molecule has 0 bridgehead atoms. The Morgan fingerprint density at radius 1 is 1.50 bits per heavy atom. The molecule has 0 aromatic carbocycles. The van der Waals surface area contributed by atoms with E-state index in [2.05, 4.69) is 16.8 Å². The maximum Gasteiger partial charge on any atom is 0.241 e. The van der Waals surface area contributed by atoms with Crippen LogP contribution in [0.15, 0.2) is 6.20 Å². The smallest absolute Gasteiger partial charge is 0.241 e. The van der Waals surface area contributed by atoms with Gasteiger partial charge in [0.25, 0.3) is 0 Å². The molecule has 1 amide bonds. The molecule has 1 atom stereocenters. The van der Waals surface area contributed by atoms with Crippen molar-refractivity contribution in [1.29, 1.82) is 0 Å². The van der Waals surface area contributed by atoms with Crippen LogP contribution in [0, 0.1) is 0 Å². The van der Waals surface area contributed by atoms with Crippen molar-refractivity contribution in [3.8, 4) is 0 Å². The second-order valence-corrected chi connectivity index (χ2v) is 5.93. The van der Waals surface area contributed by atoms with Gasteiger partial charge in [-0.1, -0.05) is 6.92 Å². The second kappa shape index (κ2) is 7.01. The van der Waals surface area contributed by atoms with E-state index in [-0.39, 0.29) is 12.5 Å². The first-order valence-electron chi connectivity index (χ1n) is 6.88. The molecule has 7 heteroatoms. The van der Waals surface area contributed by atoms with Gasteiger partial charge >= 0.3 is 0 Å². The molecule has 6 nitrogen and oxygen atoms in total. The van der Waals surface area contributed by atoms with E-state index in [1.165, 1.54) is 4.88 Å². The molecule has 2 rings (SSSR count). The van der Waals surface area contributed by atoms with Crippen LogP contribution in [0.4, 0.5) is 5.13 Å². The summed E-state index contributed by atoms with van der Waals surface area (Å²) in [6.07, 6.45) is 2.95. The summed E-state index contributed by atoms with van der Waals surface area (Å²) in [5.41, 5.74) is 5.79. The normalized spacial score (nSPS) is 17.4. The molecule has 1 aromatic heterocycles. The van der Waals surface area contributed by atoms with Crippen LogP contribution in [0.3, 0.4) is 0 Å². The maximum absolute atomic E-state index is 12.1. The number of rotatable bonds is 5. The van der Waals surface area contributed by atoms with Crippen molar-refractivity contribution in [2.75, 3.05) is 44.8 Å². The first kappa shape index (κ1) is 15.2. The van der Waals surface area contributed by atoms with Crippen molar-refractivity contribution in [3.63, 3.8) is 0 Å². The van der Waals surface area contributed by atoms with E-state index in [1.807, 2.05) is 11.1 Å². The van der Waals surface area contributed by atoms with Gasteiger partial charge < -0.3 is 20.3 Å². The number of amides is 1. The molecule has 0 radical (unpaired) electrons. The van der Waals surface area contributed by atoms with Gasteiger partial charge in [-0.3, -0.25) is 4.79 Å². The van der Waals surface area contributed by atoms with E-state index in [0.29, 0.717) is 13.1 Å². The number of carbonyl (C=O) groups excluding carboxylic acids is 1. The lowest BCUT2D eigenvalue weighted by atomic mass is 10.2. The monoisotopic (exact) mass is 298 g/mol. The van der Waals surface area contributed by atoms with Gasteiger partial charge in [0.05, 0.1) is 6.61 Å². The summed E-state index contributed by atoms with van der Waals surface area (Å²) in [6.45, 7) is 5.40. The van der Waals surface area contributed by atoms with Gasteiger partial charge in [0.2, 0.25) is 5.91 Å². The minimum absolute atomic E-state index is 0.0279. The number of piperazine rings is 1. The molecule has 0 spiro atoms. The highest BCUT2D eigenvalue weighted by Crippen LogP contribution is 2.23. The van der Waals surface area contributed by atoms with Crippen LogP contribution in [-0.2, 0) is 16.0 Å². The predicted octanol–water partition coefficient (Wildman–Crippen LogP) is 0.328. The minimum atomic E-state index is -0.557. The van der Waals surface area contributed by atoms with Gasteiger partial charge in [-0.15, -0.1) is 11.3 Å². The quantitative estimate of drug-likeness (QED) is 0.848. The third-order valence-corrected chi connectivity index (χ3v) is 4.62. The molecular formula is C13H22N4O2S. The molecular weight excluding hydrogens is 276 g/mol. The SMILES string of the molecule is CCc1cnc(N2CCN(C(=O)C(N)COC)CC2)s1. The van der Waals surface area contributed by atoms with Crippen molar-refractivity contribution >= 4 is 22.4 Å². The molecule has 2 N–H and O–H groups in total. The number of nitrogens with zero attached hydrogens (tertiary/aromatic N) is 3. The second-order valence-electron chi connectivity index (χ2n) is 4.84. The number of methoxy groups -OCH3 is 1.